The second-order valence-corrected chi connectivity index (χ2v) is 11.6. The summed E-state index contributed by atoms with van der Waals surface area (Å²) in [6.45, 7) is 4.25. The Labute approximate surface area is 268 Å². The van der Waals surface area contributed by atoms with E-state index in [-0.39, 0.29) is 25.3 Å². The number of carbonyl (C=O) groups is 2. The van der Waals surface area contributed by atoms with Crippen molar-refractivity contribution in [3.63, 3.8) is 0 Å². The minimum absolute atomic E-state index is 0.212. The predicted molar refractivity (Wildman–Crippen MR) is 178 cm³/mol. The zero-order chi connectivity index (χ0) is 31.9. The van der Waals surface area contributed by atoms with Gasteiger partial charge in [-0.1, -0.05) is 78.9 Å². The average Bonchev–Trinajstić information content (AvgIpc) is 3.71. The van der Waals surface area contributed by atoms with Crippen LogP contribution >= 0.6 is 0 Å². The highest BCUT2D eigenvalue weighted by Gasteiger charge is 2.22. The molecule has 46 heavy (non-hydrogen) atoms. The van der Waals surface area contributed by atoms with Crippen molar-refractivity contribution in [2.45, 2.75) is 58.4 Å². The Morgan fingerprint density at radius 2 is 1.33 bits per heavy atom. The summed E-state index contributed by atoms with van der Waals surface area (Å²) in [6.07, 6.45) is 1.49. The Bertz CT molecular complexity index is 1850. The number of hydrogen-bond donors (Lipinski definition) is 3. The van der Waals surface area contributed by atoms with Crippen LogP contribution in [-0.2, 0) is 41.9 Å². The van der Waals surface area contributed by atoms with Gasteiger partial charge in [-0.3, -0.25) is 4.99 Å². The van der Waals surface area contributed by atoms with Gasteiger partial charge in [0.25, 0.3) is 0 Å². The molecule has 4 aromatic carbocycles. The van der Waals surface area contributed by atoms with E-state index in [0.29, 0.717) is 12.2 Å². The van der Waals surface area contributed by atoms with E-state index >= 15 is 0 Å². The zero-order valence-corrected chi connectivity index (χ0v) is 26.0. The van der Waals surface area contributed by atoms with E-state index in [1.54, 1.807) is 0 Å². The molecule has 6 rings (SSSR count). The molecule has 0 bridgehead atoms. The van der Waals surface area contributed by atoms with Gasteiger partial charge in [0.1, 0.15) is 19.0 Å². The van der Waals surface area contributed by atoms with Crippen molar-refractivity contribution >= 4 is 34.6 Å². The number of aliphatic imine (C=N–C) groups is 1. The van der Waals surface area contributed by atoms with Crippen LogP contribution in [0.5, 0.6) is 0 Å². The van der Waals surface area contributed by atoms with Crippen molar-refractivity contribution in [3.05, 3.63) is 131 Å². The van der Waals surface area contributed by atoms with Crippen molar-refractivity contribution < 1.29 is 19.1 Å². The molecule has 2 heterocycles. The monoisotopic (exact) mass is 615 g/mol. The number of aromatic amines is 1. The summed E-state index contributed by atoms with van der Waals surface area (Å²) < 4.78 is 10.7. The Balaban J connectivity index is 0.986. The minimum atomic E-state index is -0.489. The van der Waals surface area contributed by atoms with E-state index in [9.17, 15) is 9.59 Å². The fraction of sp³-hybridized carbons (Fsp3) is 0.243. The maximum absolute atomic E-state index is 12.3. The number of imidazole rings is 1. The number of alkyl carbamates (subject to hydrolysis) is 2. The number of nitrogens with zero attached hydrogens (tertiary/aromatic N) is 2. The number of ether oxygens (including phenoxy) is 2. The SMILES string of the molecule is C[C@H](NC(=O)OCc1ccccc1)C1=Nc2ccc(CCc3ccc4nc([C@H](C)NC(=O)OCc5ccccc5)[nH]c4c3)cc2C1. The lowest BCUT2D eigenvalue weighted by Crippen LogP contribution is -2.38. The molecule has 0 spiro atoms. The summed E-state index contributed by atoms with van der Waals surface area (Å²) in [4.78, 5) is 37.5. The molecule has 234 valence electrons. The highest BCUT2D eigenvalue weighted by Crippen LogP contribution is 2.29. The number of benzene rings is 4. The fourth-order valence-electron chi connectivity index (χ4n) is 5.44. The van der Waals surface area contributed by atoms with E-state index in [1.807, 2.05) is 80.6 Å². The second kappa shape index (κ2) is 14.1. The fourth-order valence-corrected chi connectivity index (χ4v) is 5.44. The van der Waals surface area contributed by atoms with Crippen LogP contribution in [0.25, 0.3) is 11.0 Å². The lowest BCUT2D eigenvalue weighted by molar-refractivity contribution is 0.136. The number of hydrogen-bond acceptors (Lipinski definition) is 6. The summed E-state index contributed by atoms with van der Waals surface area (Å²) in [5.41, 5.74) is 9.09. The first-order chi connectivity index (χ1) is 22.4. The molecule has 9 nitrogen and oxygen atoms in total. The van der Waals surface area contributed by atoms with E-state index in [2.05, 4.69) is 50.9 Å². The molecule has 1 aliphatic rings. The van der Waals surface area contributed by atoms with E-state index < -0.39 is 12.2 Å². The van der Waals surface area contributed by atoms with Gasteiger partial charge in [0.15, 0.2) is 0 Å². The topological polar surface area (TPSA) is 118 Å². The average molecular weight is 616 g/mol. The number of amides is 2. The van der Waals surface area contributed by atoms with E-state index in [0.717, 1.165) is 52.0 Å². The molecule has 0 saturated heterocycles. The van der Waals surface area contributed by atoms with Gasteiger partial charge < -0.3 is 25.1 Å². The third kappa shape index (κ3) is 7.79. The number of aromatic nitrogens is 2. The maximum Gasteiger partial charge on any atom is 0.408 e. The normalized spacial score (nSPS) is 13.4. The van der Waals surface area contributed by atoms with Crippen LogP contribution in [0.4, 0.5) is 15.3 Å². The number of nitrogens with one attached hydrogen (secondary N) is 3. The highest BCUT2D eigenvalue weighted by atomic mass is 16.6. The quantitative estimate of drug-likeness (QED) is 0.144. The standard InChI is InChI=1S/C37H37N5O4/c1-24(38-36(43)45-22-28-9-5-3-6-10-28)33-21-30-19-26(15-17-31(30)40-33)13-14-27-16-18-32-34(20-27)42-35(41-32)25(2)39-37(44)46-23-29-11-7-4-8-12-29/h3-12,15-20,24-25H,13-14,21-23H2,1-2H3,(H,38,43)(H,39,44)(H,41,42)/t24-,25-/m0/s1. The molecule has 1 aromatic heterocycles. The molecule has 0 radical (unpaired) electrons. The Morgan fingerprint density at radius 1 is 0.739 bits per heavy atom. The molecule has 5 aromatic rings. The minimum Gasteiger partial charge on any atom is -0.445 e. The Morgan fingerprint density at radius 3 is 1.98 bits per heavy atom. The Hall–Kier alpha value is -5.44. The van der Waals surface area contributed by atoms with E-state index in [1.165, 1.54) is 11.1 Å². The second-order valence-electron chi connectivity index (χ2n) is 11.6. The first-order valence-electron chi connectivity index (χ1n) is 15.5. The van der Waals surface area contributed by atoms with Crippen molar-refractivity contribution in [3.8, 4) is 0 Å². The van der Waals surface area contributed by atoms with E-state index in [4.69, 9.17) is 14.5 Å². The smallest absolute Gasteiger partial charge is 0.408 e. The first-order valence-corrected chi connectivity index (χ1v) is 15.5. The van der Waals surface area contributed by atoms with Gasteiger partial charge in [0.2, 0.25) is 0 Å². The van der Waals surface area contributed by atoms with Crippen molar-refractivity contribution in [2.75, 3.05) is 0 Å². The van der Waals surface area contributed by atoms with Crippen LogP contribution in [0.1, 0.15) is 53.5 Å². The van der Waals surface area contributed by atoms with Crippen molar-refractivity contribution in [1.82, 2.24) is 20.6 Å². The van der Waals surface area contributed by atoms with Crippen molar-refractivity contribution in [1.29, 1.82) is 0 Å². The zero-order valence-electron chi connectivity index (χ0n) is 26.0. The molecule has 0 saturated carbocycles. The summed E-state index contributed by atoms with van der Waals surface area (Å²) >= 11 is 0. The van der Waals surface area contributed by atoms with Gasteiger partial charge in [-0.2, -0.15) is 0 Å². The maximum atomic E-state index is 12.3. The largest absolute Gasteiger partial charge is 0.445 e. The number of carbonyl (C=O) groups excluding carboxylic acids is 2. The lowest BCUT2D eigenvalue weighted by atomic mass is 9.99. The molecule has 3 N–H and O–H groups in total. The highest BCUT2D eigenvalue weighted by molar-refractivity contribution is 5.99. The molecule has 1 aliphatic heterocycles. The van der Waals surface area contributed by atoms with Crippen molar-refractivity contribution in [2.24, 2.45) is 4.99 Å². The summed E-state index contributed by atoms with van der Waals surface area (Å²) in [7, 11) is 0. The van der Waals surface area contributed by atoms with Crippen LogP contribution < -0.4 is 10.6 Å². The molecule has 0 aliphatic carbocycles. The molecule has 0 unspecified atom stereocenters. The molecule has 2 atom stereocenters. The molecular weight excluding hydrogens is 578 g/mol. The van der Waals surface area contributed by atoms with Crippen LogP contribution in [-0.4, -0.2) is 33.9 Å². The first kappa shape index (κ1) is 30.6. The van der Waals surface area contributed by atoms with Gasteiger partial charge in [-0.25, -0.2) is 14.6 Å². The van der Waals surface area contributed by atoms with Gasteiger partial charge >= 0.3 is 12.2 Å². The summed E-state index contributed by atoms with van der Waals surface area (Å²) in [6, 6.07) is 31.2. The number of aryl methyl sites for hydroxylation is 2. The van der Waals surface area contributed by atoms with Gasteiger partial charge in [0, 0.05) is 12.1 Å². The number of H-pyrrole nitrogens is 1. The Kier molecular flexibility index (Phi) is 9.38. The summed E-state index contributed by atoms with van der Waals surface area (Å²) in [5, 5.41) is 5.75. The molecular formula is C37H37N5O4. The predicted octanol–water partition coefficient (Wildman–Crippen LogP) is 7.28. The molecule has 0 fully saturated rings. The van der Waals surface area contributed by atoms with Gasteiger partial charge in [-0.05, 0) is 72.7 Å². The van der Waals surface area contributed by atoms with Gasteiger partial charge in [0.05, 0.1) is 28.8 Å². The molecule has 9 heteroatoms. The van der Waals surface area contributed by atoms with Crippen LogP contribution in [0.15, 0.2) is 102 Å². The third-order valence-corrected chi connectivity index (χ3v) is 8.05. The summed E-state index contributed by atoms with van der Waals surface area (Å²) in [5.74, 6) is 0.673. The third-order valence-electron chi connectivity index (χ3n) is 8.05. The number of fused-ring (bicyclic) bond motifs is 2. The molecule has 2 amide bonds. The van der Waals surface area contributed by atoms with Crippen LogP contribution in [0.2, 0.25) is 0 Å². The van der Waals surface area contributed by atoms with Crippen LogP contribution in [0, 0.1) is 0 Å². The number of rotatable bonds is 11. The van der Waals surface area contributed by atoms with Gasteiger partial charge in [-0.15, -0.1) is 0 Å². The lowest BCUT2D eigenvalue weighted by Gasteiger charge is -2.14. The van der Waals surface area contributed by atoms with Crippen LogP contribution in [0.3, 0.4) is 0 Å².